The molecule has 0 aliphatic carbocycles. The van der Waals surface area contributed by atoms with Crippen LogP contribution in [0.1, 0.15) is 29.6 Å². The van der Waals surface area contributed by atoms with E-state index in [4.69, 9.17) is 32.7 Å². The number of amides is 1. The normalized spacial score (nSPS) is 20.6. The van der Waals surface area contributed by atoms with E-state index in [1.807, 2.05) is 46.2 Å². The smallest absolute Gasteiger partial charge is 0.233 e. The fourth-order valence-electron chi connectivity index (χ4n) is 6.18. The van der Waals surface area contributed by atoms with E-state index in [1.165, 1.54) is 0 Å². The van der Waals surface area contributed by atoms with Crippen molar-refractivity contribution in [3.8, 4) is 5.75 Å². The third kappa shape index (κ3) is 9.00. The minimum Gasteiger partial charge on any atom is -0.497 e. The molecule has 0 saturated carbocycles. The molecule has 262 valence electrons. The van der Waals surface area contributed by atoms with E-state index in [0.717, 1.165) is 30.0 Å². The lowest BCUT2D eigenvalue weighted by atomic mass is 10.0. The van der Waals surface area contributed by atoms with Gasteiger partial charge in [0.15, 0.2) is 5.78 Å². The second kappa shape index (κ2) is 15.5. The molecule has 2 fully saturated rings. The van der Waals surface area contributed by atoms with E-state index < -0.39 is 5.91 Å². The van der Waals surface area contributed by atoms with Crippen LogP contribution in [0, 0.1) is 0 Å². The van der Waals surface area contributed by atoms with E-state index in [9.17, 15) is 9.59 Å². The summed E-state index contributed by atoms with van der Waals surface area (Å²) in [7, 11) is 1.62. The second-order valence-electron chi connectivity index (χ2n) is 12.9. The predicted octanol–water partition coefficient (Wildman–Crippen LogP) is 2.31. The Hall–Kier alpha value is -5.35. The maximum absolute atomic E-state index is 13.0. The molecule has 1 aromatic heterocycles. The first-order valence-corrected chi connectivity index (χ1v) is 16.6. The third-order valence-corrected chi connectivity index (χ3v) is 8.54. The molecular weight excluding hydrogens is 636 g/mol. The number of ketones is 1. The van der Waals surface area contributed by atoms with Gasteiger partial charge in [0.1, 0.15) is 5.75 Å². The van der Waals surface area contributed by atoms with Crippen molar-refractivity contribution >= 4 is 52.3 Å². The Morgan fingerprint density at radius 3 is 1.60 bits per heavy atom. The quantitative estimate of drug-likeness (QED) is 0.0891. The lowest BCUT2D eigenvalue weighted by Crippen LogP contribution is -2.54. The van der Waals surface area contributed by atoms with Crippen LogP contribution in [-0.2, 0) is 4.79 Å². The topological polar surface area (TPSA) is 229 Å². The van der Waals surface area contributed by atoms with E-state index in [2.05, 4.69) is 25.9 Å². The van der Waals surface area contributed by atoms with Gasteiger partial charge in [0, 0.05) is 78.7 Å². The lowest BCUT2D eigenvalue weighted by Gasteiger charge is -2.37. The maximum Gasteiger partial charge on any atom is 0.233 e. The molecule has 4 aromatic rings. The van der Waals surface area contributed by atoms with Crippen molar-refractivity contribution in [2.24, 2.45) is 22.9 Å². The Kier molecular flexibility index (Phi) is 10.7. The molecule has 2 saturated heterocycles. The van der Waals surface area contributed by atoms with Gasteiger partial charge in [-0.1, -0.05) is 0 Å². The summed E-state index contributed by atoms with van der Waals surface area (Å²) < 4.78 is 5.19. The number of methoxy groups -OCH3 is 1. The molecule has 3 heterocycles. The largest absolute Gasteiger partial charge is 0.497 e. The Balaban J connectivity index is 1.08. The SMILES string of the molecule is COc1ccc(Nc2ccc(NC(=O)CC(=O)c3ccc(Nc4nc(N5C[C@H](N)C[C@H](N)C5)nc(N5C[C@H](N)C[C@H](N)C5)n4)cc3)cc2)cc1. The van der Waals surface area contributed by atoms with Crippen molar-refractivity contribution in [1.29, 1.82) is 0 Å². The standard InChI is InChI=1S/C35H44N12O3/c1-50-30-12-10-27(11-13-30)40-26-6-8-28(9-7-26)41-32(49)16-31(48)21-2-4-29(5-3-21)42-33-43-34(46-17-22(36)14-23(37)18-46)45-35(44-33)47-19-24(38)15-25(39)20-47/h2-13,22-25,40H,14-20,36-39H2,1H3,(H,41,49)(H,42,43,44,45)/t22-,23+,24-,25+. The highest BCUT2D eigenvalue weighted by atomic mass is 16.5. The summed E-state index contributed by atoms with van der Waals surface area (Å²) in [6.45, 7) is 2.25. The molecule has 3 aromatic carbocycles. The van der Waals surface area contributed by atoms with Gasteiger partial charge in [0.05, 0.1) is 13.5 Å². The summed E-state index contributed by atoms with van der Waals surface area (Å²) in [6.07, 6.45) is 1.14. The number of aromatic nitrogens is 3. The fraction of sp³-hybridized carbons (Fsp3) is 0.343. The van der Waals surface area contributed by atoms with E-state index in [0.29, 0.717) is 61.0 Å². The van der Waals surface area contributed by atoms with Crippen LogP contribution in [0.4, 0.5) is 40.6 Å². The van der Waals surface area contributed by atoms with Gasteiger partial charge >= 0.3 is 0 Å². The zero-order valence-corrected chi connectivity index (χ0v) is 28.0. The number of nitrogens with zero attached hydrogens (tertiary/aromatic N) is 5. The van der Waals surface area contributed by atoms with Crippen molar-refractivity contribution in [3.05, 3.63) is 78.4 Å². The number of benzene rings is 3. The number of Topliss-reactive ketones (excluding diaryl/α,β-unsaturated/α-hetero) is 1. The Morgan fingerprint density at radius 2 is 1.10 bits per heavy atom. The number of hydrogen-bond donors (Lipinski definition) is 7. The Morgan fingerprint density at radius 1 is 0.660 bits per heavy atom. The van der Waals surface area contributed by atoms with E-state index in [1.54, 1.807) is 43.5 Å². The highest BCUT2D eigenvalue weighted by Gasteiger charge is 2.29. The first kappa shape index (κ1) is 34.5. The number of piperidine rings is 2. The third-order valence-electron chi connectivity index (χ3n) is 8.54. The van der Waals surface area contributed by atoms with Gasteiger partial charge in [0.25, 0.3) is 0 Å². The number of nitrogens with two attached hydrogens (primary N) is 4. The first-order chi connectivity index (χ1) is 24.1. The number of carbonyl (C=O) groups excluding carboxylic acids is 2. The molecule has 11 N–H and O–H groups in total. The number of hydrogen-bond acceptors (Lipinski definition) is 14. The molecule has 15 nitrogen and oxygen atoms in total. The summed E-state index contributed by atoms with van der Waals surface area (Å²) in [6, 6.07) is 21.2. The number of rotatable bonds is 11. The number of nitrogens with one attached hydrogen (secondary N) is 3. The van der Waals surface area contributed by atoms with E-state index in [-0.39, 0.29) is 36.4 Å². The van der Waals surface area contributed by atoms with Crippen molar-refractivity contribution in [2.75, 3.05) is 59.0 Å². The summed E-state index contributed by atoms with van der Waals surface area (Å²) in [5.41, 5.74) is 28.4. The lowest BCUT2D eigenvalue weighted by molar-refractivity contribution is -0.115. The average molecular weight is 681 g/mol. The highest BCUT2D eigenvalue weighted by molar-refractivity contribution is 6.11. The van der Waals surface area contributed by atoms with Crippen LogP contribution in [-0.4, -0.2) is 84.1 Å². The molecule has 0 bridgehead atoms. The monoisotopic (exact) mass is 680 g/mol. The molecule has 50 heavy (non-hydrogen) atoms. The molecule has 0 radical (unpaired) electrons. The van der Waals surface area contributed by atoms with Crippen LogP contribution in [0.3, 0.4) is 0 Å². The van der Waals surface area contributed by atoms with Gasteiger partial charge in [0.2, 0.25) is 23.8 Å². The van der Waals surface area contributed by atoms with Gasteiger partial charge in [-0.05, 0) is 85.6 Å². The van der Waals surface area contributed by atoms with Gasteiger partial charge in [-0.25, -0.2) is 0 Å². The van der Waals surface area contributed by atoms with Gasteiger partial charge < -0.3 is 53.4 Å². The average Bonchev–Trinajstić information content (AvgIpc) is 3.09. The Labute approximate surface area is 290 Å². The van der Waals surface area contributed by atoms with E-state index >= 15 is 0 Å². The summed E-state index contributed by atoms with van der Waals surface area (Å²) in [5, 5.41) is 9.31. The van der Waals surface area contributed by atoms with Crippen LogP contribution in [0.2, 0.25) is 0 Å². The van der Waals surface area contributed by atoms with Crippen molar-refractivity contribution in [1.82, 2.24) is 15.0 Å². The molecule has 0 unspecified atom stereocenters. The highest BCUT2D eigenvalue weighted by Crippen LogP contribution is 2.25. The minimum absolute atomic E-state index is 0.104. The predicted molar refractivity (Wildman–Crippen MR) is 195 cm³/mol. The molecule has 6 rings (SSSR count). The van der Waals surface area contributed by atoms with Gasteiger partial charge in [-0.2, -0.15) is 15.0 Å². The van der Waals surface area contributed by atoms with Crippen LogP contribution < -0.4 is 53.4 Å². The van der Waals surface area contributed by atoms with Crippen LogP contribution in [0.15, 0.2) is 72.8 Å². The van der Waals surface area contributed by atoms with Crippen LogP contribution in [0.5, 0.6) is 5.75 Å². The second-order valence-corrected chi connectivity index (χ2v) is 12.9. The maximum atomic E-state index is 13.0. The molecule has 0 spiro atoms. The molecule has 4 atom stereocenters. The minimum atomic E-state index is -0.410. The number of anilines is 7. The molecule has 1 amide bonds. The first-order valence-electron chi connectivity index (χ1n) is 16.6. The summed E-state index contributed by atoms with van der Waals surface area (Å²) in [5.74, 6) is 1.27. The Bertz CT molecular complexity index is 1710. The number of carbonyl (C=O) groups is 2. The summed E-state index contributed by atoms with van der Waals surface area (Å²) >= 11 is 0. The summed E-state index contributed by atoms with van der Waals surface area (Å²) in [4.78, 5) is 43.8. The van der Waals surface area contributed by atoms with Crippen molar-refractivity contribution in [3.63, 3.8) is 0 Å². The zero-order valence-electron chi connectivity index (χ0n) is 28.0. The van der Waals surface area contributed by atoms with Crippen LogP contribution in [0.25, 0.3) is 0 Å². The number of ether oxygens (including phenoxy) is 1. The van der Waals surface area contributed by atoms with Crippen molar-refractivity contribution in [2.45, 2.75) is 43.4 Å². The molecule has 2 aliphatic rings. The van der Waals surface area contributed by atoms with Gasteiger partial charge in [-0.3, -0.25) is 9.59 Å². The van der Waals surface area contributed by atoms with Crippen LogP contribution >= 0.6 is 0 Å². The van der Waals surface area contributed by atoms with Crippen molar-refractivity contribution < 1.29 is 14.3 Å². The fourth-order valence-corrected chi connectivity index (χ4v) is 6.18. The van der Waals surface area contributed by atoms with Gasteiger partial charge in [-0.15, -0.1) is 0 Å². The molecule has 2 aliphatic heterocycles. The zero-order chi connectivity index (χ0) is 35.2. The molecule has 15 heteroatoms. The molecular formula is C35H44N12O3.